The predicted octanol–water partition coefficient (Wildman–Crippen LogP) is 0.144. The molecule has 0 aliphatic heterocycles. The molecule has 0 radical (unpaired) electrons. The first-order valence-electron chi connectivity index (χ1n) is 3.29. The second kappa shape index (κ2) is 7.53. The summed E-state index contributed by atoms with van der Waals surface area (Å²) in [5.41, 5.74) is 0. The molecule has 0 aromatic carbocycles. The van der Waals surface area contributed by atoms with Crippen LogP contribution >= 0.6 is 20.3 Å². The number of rotatable bonds is 6. The molecule has 82 valence electrons. The van der Waals surface area contributed by atoms with Gasteiger partial charge >= 0.3 is 17.9 Å². The second-order valence-electron chi connectivity index (χ2n) is 2.33. The average molecular weight is 245 g/mol. The molecule has 0 aliphatic carbocycles. The van der Waals surface area contributed by atoms with Crippen molar-refractivity contribution in [2.75, 3.05) is 18.5 Å². The Bertz CT molecular complexity index is 192. The van der Waals surface area contributed by atoms with E-state index in [1.807, 2.05) is 0 Å². The lowest BCUT2D eigenvalue weighted by Gasteiger charge is -2.09. The van der Waals surface area contributed by atoms with E-state index in [9.17, 15) is 14.4 Å². The van der Waals surface area contributed by atoms with E-state index in [2.05, 4.69) is 0 Å². The van der Waals surface area contributed by atoms with Crippen molar-refractivity contribution in [3.8, 4) is 0 Å². The van der Waals surface area contributed by atoms with E-state index in [1.165, 1.54) is 0 Å². The number of hydrogen-bond donors (Lipinski definition) is 3. The van der Waals surface area contributed by atoms with Crippen LogP contribution in [0.2, 0.25) is 0 Å². The van der Waals surface area contributed by atoms with Gasteiger partial charge in [-0.1, -0.05) is 7.92 Å². The van der Waals surface area contributed by atoms with E-state index < -0.39 is 25.8 Å². The first kappa shape index (κ1) is 15.6. The van der Waals surface area contributed by atoms with Crippen molar-refractivity contribution in [3.05, 3.63) is 0 Å². The van der Waals surface area contributed by atoms with Gasteiger partial charge in [0.1, 0.15) is 0 Å². The van der Waals surface area contributed by atoms with Crippen LogP contribution in [0.5, 0.6) is 0 Å². The molecule has 0 saturated heterocycles. The van der Waals surface area contributed by atoms with E-state index in [-0.39, 0.29) is 30.9 Å². The lowest BCUT2D eigenvalue weighted by atomic mass is 10.8. The summed E-state index contributed by atoms with van der Waals surface area (Å²) < 4.78 is 0. The number of carboxylic acids is 3. The molecule has 0 bridgehead atoms. The van der Waals surface area contributed by atoms with E-state index in [0.29, 0.717) is 0 Å². The standard InChI is InChI=1S/C6H9O6P.ClH/c7-4(8)1-13(2-5(9)10)3-6(11)12;/h1-3H2,(H,7,8)(H,9,10)(H,11,12);1H. The fourth-order valence-corrected chi connectivity index (χ4v) is 2.22. The Balaban J connectivity index is 0. The minimum atomic E-state index is -1.48. The normalized spacial score (nSPS) is 9.21. The van der Waals surface area contributed by atoms with Crippen LogP contribution in [0.1, 0.15) is 0 Å². The molecular formula is C6H10ClO6P. The molecule has 0 spiro atoms. The molecular weight excluding hydrogens is 234 g/mol. The number of aliphatic carboxylic acids is 3. The van der Waals surface area contributed by atoms with Crippen molar-refractivity contribution >= 4 is 38.2 Å². The zero-order valence-electron chi connectivity index (χ0n) is 7.04. The highest BCUT2D eigenvalue weighted by atomic mass is 35.5. The average Bonchev–Trinajstić information content (AvgIpc) is 1.80. The van der Waals surface area contributed by atoms with Gasteiger partial charge in [-0.3, -0.25) is 14.4 Å². The Morgan fingerprint density at radius 1 is 0.786 bits per heavy atom. The summed E-state index contributed by atoms with van der Waals surface area (Å²) in [7, 11) is -1.48. The fraction of sp³-hybridized carbons (Fsp3) is 0.500. The van der Waals surface area contributed by atoms with E-state index in [1.54, 1.807) is 0 Å². The van der Waals surface area contributed by atoms with Gasteiger partial charge < -0.3 is 15.3 Å². The van der Waals surface area contributed by atoms with Gasteiger partial charge in [0.2, 0.25) is 0 Å². The molecule has 0 aromatic heterocycles. The lowest BCUT2D eigenvalue weighted by Crippen LogP contribution is -2.14. The Labute approximate surface area is 87.1 Å². The maximum absolute atomic E-state index is 10.2. The predicted molar refractivity (Wildman–Crippen MR) is 51.7 cm³/mol. The van der Waals surface area contributed by atoms with Crippen LogP contribution in [0, 0.1) is 0 Å². The number of carbonyl (C=O) groups is 3. The molecule has 0 atom stereocenters. The molecule has 0 aromatic rings. The quantitative estimate of drug-likeness (QED) is 0.573. The number of carboxylic acid groups (broad SMARTS) is 3. The molecule has 6 nitrogen and oxygen atoms in total. The maximum Gasteiger partial charge on any atom is 0.307 e. The smallest absolute Gasteiger partial charge is 0.307 e. The maximum atomic E-state index is 10.2. The largest absolute Gasteiger partial charge is 0.481 e. The molecule has 0 heterocycles. The summed E-state index contributed by atoms with van der Waals surface area (Å²) in [5, 5.41) is 25.0. The third-order valence-corrected chi connectivity index (χ3v) is 3.23. The number of hydrogen-bond acceptors (Lipinski definition) is 3. The SMILES string of the molecule is Cl.O=C(O)CP(CC(=O)O)CC(=O)O. The minimum absolute atomic E-state index is 0. The van der Waals surface area contributed by atoms with Crippen molar-refractivity contribution in [1.82, 2.24) is 0 Å². The van der Waals surface area contributed by atoms with Crippen molar-refractivity contribution in [1.29, 1.82) is 0 Å². The molecule has 0 fully saturated rings. The highest BCUT2D eigenvalue weighted by Gasteiger charge is 2.18. The molecule has 8 heteroatoms. The van der Waals surface area contributed by atoms with Crippen LogP contribution in [0.25, 0.3) is 0 Å². The molecule has 0 amide bonds. The number of halogens is 1. The first-order chi connectivity index (χ1) is 5.91. The monoisotopic (exact) mass is 244 g/mol. The zero-order valence-corrected chi connectivity index (χ0v) is 8.75. The fourth-order valence-electron chi connectivity index (χ4n) is 0.742. The van der Waals surface area contributed by atoms with Crippen molar-refractivity contribution in [3.63, 3.8) is 0 Å². The van der Waals surface area contributed by atoms with Crippen LogP contribution in [-0.2, 0) is 14.4 Å². The van der Waals surface area contributed by atoms with Gasteiger partial charge in [-0.25, -0.2) is 0 Å². The summed E-state index contributed by atoms with van der Waals surface area (Å²) in [6.45, 7) is 0. The third-order valence-electron chi connectivity index (χ3n) is 1.08. The van der Waals surface area contributed by atoms with Crippen LogP contribution < -0.4 is 0 Å². The van der Waals surface area contributed by atoms with E-state index in [4.69, 9.17) is 15.3 Å². The Kier molecular flexibility index (Phi) is 8.38. The van der Waals surface area contributed by atoms with Crippen molar-refractivity contribution in [2.45, 2.75) is 0 Å². The van der Waals surface area contributed by atoms with Crippen LogP contribution in [0.3, 0.4) is 0 Å². The second-order valence-corrected chi connectivity index (χ2v) is 4.62. The molecule has 0 rings (SSSR count). The molecule has 0 saturated carbocycles. The van der Waals surface area contributed by atoms with Gasteiger partial charge in [-0.15, -0.1) is 12.4 Å². The topological polar surface area (TPSA) is 112 Å². The van der Waals surface area contributed by atoms with Crippen LogP contribution in [0.15, 0.2) is 0 Å². The van der Waals surface area contributed by atoms with E-state index >= 15 is 0 Å². The summed E-state index contributed by atoms with van der Waals surface area (Å²) in [6, 6.07) is 0. The molecule has 0 aliphatic rings. The van der Waals surface area contributed by atoms with Gasteiger partial charge in [-0.05, 0) is 0 Å². The van der Waals surface area contributed by atoms with Gasteiger partial charge in [0.15, 0.2) is 0 Å². The van der Waals surface area contributed by atoms with Gasteiger partial charge in [-0.2, -0.15) is 0 Å². The summed E-state index contributed by atoms with van der Waals surface area (Å²) in [5.74, 6) is -3.48. The van der Waals surface area contributed by atoms with Gasteiger partial charge in [0.05, 0.1) is 18.5 Å². The van der Waals surface area contributed by atoms with Gasteiger partial charge in [0.25, 0.3) is 0 Å². The zero-order chi connectivity index (χ0) is 10.4. The third kappa shape index (κ3) is 9.22. The highest BCUT2D eigenvalue weighted by molar-refractivity contribution is 7.60. The first-order valence-corrected chi connectivity index (χ1v) is 5.19. The Morgan fingerprint density at radius 3 is 1.14 bits per heavy atom. The Hall–Kier alpha value is -0.870. The molecule has 14 heavy (non-hydrogen) atoms. The Morgan fingerprint density at radius 2 is 1.00 bits per heavy atom. The minimum Gasteiger partial charge on any atom is -0.481 e. The van der Waals surface area contributed by atoms with Crippen LogP contribution in [0.4, 0.5) is 0 Å². The summed E-state index contributed by atoms with van der Waals surface area (Å²) >= 11 is 0. The molecule has 0 unspecified atom stereocenters. The van der Waals surface area contributed by atoms with Crippen molar-refractivity contribution < 1.29 is 29.7 Å². The van der Waals surface area contributed by atoms with Crippen LogP contribution in [-0.4, -0.2) is 51.7 Å². The summed E-state index contributed by atoms with van der Waals surface area (Å²) in [6.07, 6.45) is -1.10. The highest BCUT2D eigenvalue weighted by Crippen LogP contribution is 2.34. The van der Waals surface area contributed by atoms with E-state index in [0.717, 1.165) is 0 Å². The molecule has 3 N–H and O–H groups in total. The summed E-state index contributed by atoms with van der Waals surface area (Å²) in [4.78, 5) is 30.6. The van der Waals surface area contributed by atoms with Gasteiger partial charge in [0, 0.05) is 0 Å². The van der Waals surface area contributed by atoms with Crippen molar-refractivity contribution in [2.24, 2.45) is 0 Å². The lowest BCUT2D eigenvalue weighted by molar-refractivity contribution is -0.134.